The zero-order valence-corrected chi connectivity index (χ0v) is 21.2. The van der Waals surface area contributed by atoms with Gasteiger partial charge in [0.15, 0.2) is 11.5 Å². The number of methoxy groups -OCH3 is 2. The molecule has 3 saturated heterocycles. The van der Waals surface area contributed by atoms with E-state index in [1.807, 2.05) is 29.9 Å². The predicted molar refractivity (Wildman–Crippen MR) is 132 cm³/mol. The topological polar surface area (TPSA) is 85.7 Å². The molecule has 1 aromatic carbocycles. The molecule has 10 heteroatoms. The monoisotopic (exact) mass is 502 g/mol. The van der Waals surface area contributed by atoms with Crippen molar-refractivity contribution in [2.75, 3.05) is 33.9 Å². The number of nitrogens with zero attached hydrogens (tertiary/aromatic N) is 3. The fourth-order valence-corrected chi connectivity index (χ4v) is 7.45. The van der Waals surface area contributed by atoms with Gasteiger partial charge in [0.05, 0.1) is 19.9 Å². The first-order valence-corrected chi connectivity index (χ1v) is 13.8. The normalized spacial score (nSPS) is 24.3. The first-order chi connectivity index (χ1) is 16.4. The van der Waals surface area contributed by atoms with E-state index in [4.69, 9.17) is 14.6 Å². The van der Waals surface area contributed by atoms with E-state index in [2.05, 4.69) is 15.7 Å². The molecular weight excluding hydrogens is 472 g/mol. The number of benzene rings is 1. The van der Waals surface area contributed by atoms with Crippen molar-refractivity contribution < 1.29 is 17.9 Å². The van der Waals surface area contributed by atoms with Gasteiger partial charge in [-0.25, -0.2) is 13.1 Å². The van der Waals surface area contributed by atoms with Crippen molar-refractivity contribution in [2.45, 2.75) is 29.0 Å². The van der Waals surface area contributed by atoms with E-state index in [1.165, 1.54) is 17.0 Å². The Hall–Kier alpha value is -2.40. The van der Waals surface area contributed by atoms with E-state index in [1.54, 1.807) is 31.7 Å². The second kappa shape index (κ2) is 9.33. The van der Waals surface area contributed by atoms with E-state index in [9.17, 15) is 8.42 Å². The number of fused-ring (bicyclic) bond motifs is 3. The molecule has 1 unspecified atom stereocenters. The molecule has 2 bridgehead atoms. The zero-order chi connectivity index (χ0) is 23.9. The highest BCUT2D eigenvalue weighted by molar-refractivity contribution is 7.91. The summed E-state index contributed by atoms with van der Waals surface area (Å²) in [5, 5.41) is 6.59. The summed E-state index contributed by atoms with van der Waals surface area (Å²) < 4.78 is 41.1. The fraction of sp³-hybridized carbons (Fsp3) is 0.458. The highest BCUT2D eigenvalue weighted by Gasteiger charge is 2.42. The van der Waals surface area contributed by atoms with Gasteiger partial charge in [-0.1, -0.05) is 6.07 Å². The molecule has 0 aliphatic carbocycles. The third-order valence-corrected chi connectivity index (χ3v) is 9.94. The van der Waals surface area contributed by atoms with Gasteiger partial charge in [-0.15, -0.1) is 11.3 Å². The molecular formula is C24H30N4O4S2. The molecule has 5 heterocycles. The van der Waals surface area contributed by atoms with Gasteiger partial charge in [0, 0.05) is 43.4 Å². The molecule has 8 nitrogen and oxygen atoms in total. The minimum Gasteiger partial charge on any atom is -0.493 e. The van der Waals surface area contributed by atoms with Gasteiger partial charge in [0.25, 0.3) is 0 Å². The van der Waals surface area contributed by atoms with Crippen LogP contribution in [0.4, 0.5) is 0 Å². The lowest BCUT2D eigenvalue weighted by Crippen LogP contribution is -2.56. The van der Waals surface area contributed by atoms with Crippen LogP contribution in [-0.2, 0) is 17.1 Å². The molecule has 3 aliphatic heterocycles. The second-order valence-electron chi connectivity index (χ2n) is 8.97. The highest BCUT2D eigenvalue weighted by Crippen LogP contribution is 2.42. The van der Waals surface area contributed by atoms with Crippen LogP contribution in [0.3, 0.4) is 0 Å². The molecule has 182 valence electrons. The minimum absolute atomic E-state index is 0.225. The van der Waals surface area contributed by atoms with Crippen LogP contribution in [0.1, 0.15) is 24.5 Å². The van der Waals surface area contributed by atoms with Crippen molar-refractivity contribution >= 4 is 21.4 Å². The molecule has 1 N–H and O–H groups in total. The lowest BCUT2D eigenvalue weighted by molar-refractivity contribution is 0.0306. The van der Waals surface area contributed by atoms with Crippen molar-refractivity contribution in [2.24, 2.45) is 13.0 Å². The number of sulfonamides is 1. The van der Waals surface area contributed by atoms with Crippen LogP contribution in [0, 0.1) is 5.92 Å². The molecule has 3 fully saturated rings. The van der Waals surface area contributed by atoms with E-state index >= 15 is 0 Å². The number of ether oxygens (including phenoxy) is 2. The molecule has 0 amide bonds. The lowest BCUT2D eigenvalue weighted by atomic mass is 9.74. The molecule has 0 spiro atoms. The predicted octanol–water partition coefficient (Wildman–Crippen LogP) is 3.32. The first kappa shape index (κ1) is 23.3. The highest BCUT2D eigenvalue weighted by atomic mass is 32.2. The minimum atomic E-state index is -3.44. The van der Waals surface area contributed by atoms with E-state index in [0.717, 1.165) is 37.2 Å². The van der Waals surface area contributed by atoms with E-state index in [-0.39, 0.29) is 6.04 Å². The Morgan fingerprint density at radius 3 is 2.68 bits per heavy atom. The molecule has 0 radical (unpaired) electrons. The maximum absolute atomic E-state index is 12.5. The third kappa shape index (κ3) is 4.35. The van der Waals surface area contributed by atoms with Gasteiger partial charge in [-0.2, -0.15) is 5.10 Å². The van der Waals surface area contributed by atoms with Crippen LogP contribution in [0.2, 0.25) is 0 Å². The average molecular weight is 503 g/mol. The lowest BCUT2D eigenvalue weighted by Gasteiger charge is -2.49. The van der Waals surface area contributed by atoms with Crippen molar-refractivity contribution in [1.82, 2.24) is 19.4 Å². The van der Waals surface area contributed by atoms with Gasteiger partial charge in [0.2, 0.25) is 10.0 Å². The van der Waals surface area contributed by atoms with Gasteiger partial charge in [0.1, 0.15) is 4.21 Å². The Morgan fingerprint density at radius 1 is 1.18 bits per heavy atom. The molecule has 6 rings (SSSR count). The first-order valence-electron chi connectivity index (χ1n) is 11.4. The summed E-state index contributed by atoms with van der Waals surface area (Å²) in [5.74, 6) is 2.27. The average Bonchev–Trinajstić information content (AvgIpc) is 3.53. The van der Waals surface area contributed by atoms with Crippen molar-refractivity contribution in [3.8, 4) is 22.8 Å². The van der Waals surface area contributed by atoms with Crippen molar-refractivity contribution in [3.63, 3.8) is 0 Å². The quantitative estimate of drug-likeness (QED) is 0.509. The Morgan fingerprint density at radius 2 is 2.00 bits per heavy atom. The summed E-state index contributed by atoms with van der Waals surface area (Å²) in [6.45, 7) is 2.37. The molecule has 2 aromatic heterocycles. The van der Waals surface area contributed by atoms with Crippen LogP contribution in [-0.4, -0.2) is 63.0 Å². The number of nitrogens with one attached hydrogen (secondary N) is 1. The SMILES string of the molecule is COc1ccc(-c2cc([C@@H]3CN4CC[C@H]3C[C@@H]4CNS(=O)(=O)c3cccs3)n(C)n2)cc1OC. The molecule has 4 atom stereocenters. The van der Waals surface area contributed by atoms with Crippen LogP contribution < -0.4 is 14.2 Å². The summed E-state index contributed by atoms with van der Waals surface area (Å²) >= 11 is 1.25. The second-order valence-corrected chi connectivity index (χ2v) is 11.9. The standard InChI is InChI=1S/C24H30N4O4S2/c1-27-21(13-20(26-27)17-6-7-22(31-2)23(12-17)32-3)19-15-28-9-8-16(19)11-18(28)14-25-34(29,30)24-5-4-10-33-24/h4-7,10,12-13,16,18-19,25H,8-9,11,14-15H2,1-3H3/t16-,18+,19+/m0/s1. The summed E-state index contributed by atoms with van der Waals surface area (Å²) in [7, 11) is 1.83. The van der Waals surface area contributed by atoms with Crippen LogP contribution in [0.5, 0.6) is 11.5 Å². The van der Waals surface area contributed by atoms with Crippen LogP contribution in [0.25, 0.3) is 11.3 Å². The molecule has 3 aliphatic rings. The third-order valence-electron chi connectivity index (χ3n) is 7.12. The van der Waals surface area contributed by atoms with Gasteiger partial charge >= 0.3 is 0 Å². The Balaban J connectivity index is 1.30. The maximum atomic E-state index is 12.5. The number of piperidine rings is 3. The summed E-state index contributed by atoms with van der Waals surface area (Å²) in [5.41, 5.74) is 3.12. The van der Waals surface area contributed by atoms with Gasteiger partial charge < -0.3 is 9.47 Å². The Kier molecular flexibility index (Phi) is 6.41. The van der Waals surface area contributed by atoms with Crippen LogP contribution in [0.15, 0.2) is 46.0 Å². The number of aromatic nitrogens is 2. The van der Waals surface area contributed by atoms with Crippen molar-refractivity contribution in [1.29, 1.82) is 0 Å². The van der Waals surface area contributed by atoms with Gasteiger partial charge in [-0.05, 0) is 61.0 Å². The molecule has 34 heavy (non-hydrogen) atoms. The van der Waals surface area contributed by atoms with Crippen LogP contribution >= 0.6 is 11.3 Å². The summed E-state index contributed by atoms with van der Waals surface area (Å²) in [6.07, 6.45) is 2.10. The van der Waals surface area contributed by atoms with Gasteiger partial charge in [-0.3, -0.25) is 9.58 Å². The number of aryl methyl sites for hydroxylation is 1. The molecule has 3 aromatic rings. The van der Waals surface area contributed by atoms with Crippen molar-refractivity contribution in [3.05, 3.63) is 47.5 Å². The zero-order valence-electron chi connectivity index (χ0n) is 19.6. The number of hydrogen-bond acceptors (Lipinski definition) is 7. The smallest absolute Gasteiger partial charge is 0.250 e. The Bertz CT molecular complexity index is 1260. The van der Waals surface area contributed by atoms with E-state index in [0.29, 0.717) is 34.1 Å². The maximum Gasteiger partial charge on any atom is 0.250 e. The largest absolute Gasteiger partial charge is 0.493 e. The number of thiophene rings is 1. The summed E-state index contributed by atoms with van der Waals surface area (Å²) in [6, 6.07) is 11.7. The summed E-state index contributed by atoms with van der Waals surface area (Å²) in [4.78, 5) is 2.44. The van der Waals surface area contributed by atoms with E-state index < -0.39 is 10.0 Å². The Labute approximate surface area is 204 Å². The fourth-order valence-electron chi connectivity index (χ4n) is 5.34. The number of rotatable bonds is 8. The number of hydrogen-bond donors (Lipinski definition) is 1. The molecule has 0 saturated carbocycles.